The van der Waals surface area contributed by atoms with E-state index < -0.39 is 0 Å². The van der Waals surface area contributed by atoms with Gasteiger partial charge in [0.25, 0.3) is 0 Å². The molecule has 49 heavy (non-hydrogen) atoms. The van der Waals surface area contributed by atoms with E-state index in [1.807, 2.05) is 0 Å². The highest BCUT2D eigenvalue weighted by molar-refractivity contribution is 6.33. The molecular formula is C46H78ClN2+. The Hall–Kier alpha value is -1.80. The monoisotopic (exact) mass is 694 g/mol. The molecule has 278 valence electrons. The number of aryl methyl sites for hydroxylation is 1. The van der Waals surface area contributed by atoms with Crippen molar-refractivity contribution in [3.8, 4) is 0 Å². The number of aromatic nitrogens is 1. The van der Waals surface area contributed by atoms with Crippen molar-refractivity contribution >= 4 is 29.4 Å². The molecule has 2 aromatic rings. The van der Waals surface area contributed by atoms with Gasteiger partial charge in [-0.25, -0.2) is 4.57 Å². The fraction of sp³-hybridized carbons (Fsp3) is 0.717. The van der Waals surface area contributed by atoms with Crippen LogP contribution in [0.15, 0.2) is 42.7 Å². The van der Waals surface area contributed by atoms with Gasteiger partial charge in [-0.3, -0.25) is 0 Å². The molecule has 0 bridgehead atoms. The first-order chi connectivity index (χ1) is 24.1. The molecule has 1 aromatic carbocycles. The number of unbranched alkanes of at least 4 members (excludes halogenated alkanes) is 26. The molecule has 0 saturated carbocycles. The normalized spacial score (nSPS) is 11.6. The summed E-state index contributed by atoms with van der Waals surface area (Å²) in [7, 11) is 2.05. The number of nitrogens with zero attached hydrogens (tertiary/aromatic N) is 2. The van der Waals surface area contributed by atoms with Crippen LogP contribution >= 0.6 is 11.6 Å². The summed E-state index contributed by atoms with van der Waals surface area (Å²) >= 11 is 6.98. The number of hydrogen-bond donors (Lipinski definition) is 0. The minimum atomic E-state index is 0.886. The van der Waals surface area contributed by atoms with E-state index in [1.54, 1.807) is 0 Å². The summed E-state index contributed by atoms with van der Waals surface area (Å²) in [6, 6.07) is 10.9. The molecule has 0 spiro atoms. The summed E-state index contributed by atoms with van der Waals surface area (Å²) in [5.41, 5.74) is 3.58. The summed E-state index contributed by atoms with van der Waals surface area (Å²) in [5, 5.41) is 0.886. The highest BCUT2D eigenvalue weighted by atomic mass is 35.5. The maximum Gasteiger partial charge on any atom is 0.169 e. The fourth-order valence-electron chi connectivity index (χ4n) is 7.05. The Morgan fingerprint density at radius 3 is 1.18 bits per heavy atom. The van der Waals surface area contributed by atoms with Gasteiger partial charge in [0.15, 0.2) is 12.4 Å². The summed E-state index contributed by atoms with van der Waals surface area (Å²) in [6.45, 7) is 6.84. The molecule has 3 heteroatoms. The van der Waals surface area contributed by atoms with Crippen molar-refractivity contribution in [3.05, 3.63) is 58.9 Å². The van der Waals surface area contributed by atoms with Gasteiger partial charge in [-0.2, -0.15) is 0 Å². The Kier molecular flexibility index (Phi) is 27.4. The van der Waals surface area contributed by atoms with Crippen molar-refractivity contribution < 1.29 is 4.57 Å². The lowest BCUT2D eigenvalue weighted by Gasteiger charge is -2.26. The molecule has 1 aromatic heterocycles. The third kappa shape index (κ3) is 23.3. The third-order valence-electron chi connectivity index (χ3n) is 10.3. The standard InChI is InChI=1S/C46H78ClN2/c1-4-6-8-10-12-14-16-18-20-22-24-26-28-30-38-49(39-31-29-27-25-23-21-19-17-15-13-11-9-7-5-2)46-35-34-44(42-45(46)47)33-32-43-36-40-48(3)41-37-43/h32-37,40-42H,4-31,38-39H2,1-3H3/q+1. The molecule has 0 atom stereocenters. The summed E-state index contributed by atoms with van der Waals surface area (Å²) in [4.78, 5) is 2.59. The fourth-order valence-corrected chi connectivity index (χ4v) is 7.35. The van der Waals surface area contributed by atoms with Gasteiger partial charge in [0.05, 0.1) is 10.7 Å². The van der Waals surface area contributed by atoms with Crippen LogP contribution in [0.1, 0.15) is 205 Å². The van der Waals surface area contributed by atoms with Crippen LogP contribution in [0.4, 0.5) is 5.69 Å². The van der Waals surface area contributed by atoms with Crippen LogP contribution in [0.5, 0.6) is 0 Å². The lowest BCUT2D eigenvalue weighted by atomic mass is 10.0. The number of hydrogen-bond acceptors (Lipinski definition) is 1. The molecule has 0 aliphatic heterocycles. The zero-order chi connectivity index (χ0) is 35.0. The number of halogens is 1. The molecule has 0 aliphatic carbocycles. The van der Waals surface area contributed by atoms with Gasteiger partial charge in [0.2, 0.25) is 0 Å². The van der Waals surface area contributed by atoms with Crippen LogP contribution < -0.4 is 9.47 Å². The number of benzene rings is 1. The van der Waals surface area contributed by atoms with Crippen molar-refractivity contribution in [2.45, 2.75) is 194 Å². The first-order valence-corrected chi connectivity index (χ1v) is 21.7. The van der Waals surface area contributed by atoms with E-state index in [4.69, 9.17) is 11.6 Å². The second kappa shape index (κ2) is 31.0. The Morgan fingerprint density at radius 2 is 0.816 bits per heavy atom. The Balaban J connectivity index is 1.71. The average Bonchev–Trinajstić information content (AvgIpc) is 3.11. The summed E-state index contributed by atoms with van der Waals surface area (Å²) in [6.07, 6.45) is 47.8. The van der Waals surface area contributed by atoms with Crippen LogP contribution in [-0.2, 0) is 7.05 Å². The van der Waals surface area contributed by atoms with Gasteiger partial charge in [0.1, 0.15) is 7.05 Å². The quantitative estimate of drug-likeness (QED) is 0.0533. The van der Waals surface area contributed by atoms with Crippen molar-refractivity contribution in [2.75, 3.05) is 18.0 Å². The zero-order valence-electron chi connectivity index (χ0n) is 32.7. The number of pyridine rings is 1. The SMILES string of the molecule is CCCCCCCCCCCCCCCCN(CCCCCCCCCCCCCCCC)c1ccc(C=Cc2cc[n+](C)cc2)cc1Cl. The molecule has 0 amide bonds. The highest BCUT2D eigenvalue weighted by Gasteiger charge is 2.11. The van der Waals surface area contributed by atoms with Gasteiger partial charge in [-0.15, -0.1) is 0 Å². The molecule has 0 radical (unpaired) electrons. The lowest BCUT2D eigenvalue weighted by molar-refractivity contribution is -0.671. The molecule has 2 rings (SSSR count). The van der Waals surface area contributed by atoms with Crippen LogP contribution in [0, 0.1) is 0 Å². The Bertz CT molecular complexity index is 1010. The smallest absolute Gasteiger partial charge is 0.169 e. The van der Waals surface area contributed by atoms with Gasteiger partial charge in [0, 0.05) is 25.2 Å². The summed E-state index contributed by atoms with van der Waals surface area (Å²) in [5.74, 6) is 0. The number of rotatable bonds is 33. The van der Waals surface area contributed by atoms with E-state index in [-0.39, 0.29) is 0 Å². The molecule has 0 aliphatic rings. The second-order valence-electron chi connectivity index (χ2n) is 15.0. The van der Waals surface area contributed by atoms with Crippen molar-refractivity contribution in [3.63, 3.8) is 0 Å². The molecule has 0 unspecified atom stereocenters. The van der Waals surface area contributed by atoms with Crippen molar-refractivity contribution in [1.82, 2.24) is 0 Å². The van der Waals surface area contributed by atoms with E-state index in [2.05, 4.69) is 85.2 Å². The van der Waals surface area contributed by atoms with E-state index in [1.165, 1.54) is 191 Å². The molecule has 0 fully saturated rings. The van der Waals surface area contributed by atoms with Crippen LogP contribution in [0.2, 0.25) is 5.02 Å². The third-order valence-corrected chi connectivity index (χ3v) is 10.7. The number of anilines is 1. The van der Waals surface area contributed by atoms with E-state index in [9.17, 15) is 0 Å². The van der Waals surface area contributed by atoms with Gasteiger partial charge in [-0.05, 0) is 36.1 Å². The van der Waals surface area contributed by atoms with Crippen molar-refractivity contribution in [1.29, 1.82) is 0 Å². The van der Waals surface area contributed by atoms with Gasteiger partial charge < -0.3 is 4.90 Å². The molecule has 0 saturated heterocycles. The van der Waals surface area contributed by atoms with Crippen molar-refractivity contribution in [2.24, 2.45) is 7.05 Å². The maximum absolute atomic E-state index is 6.98. The Morgan fingerprint density at radius 1 is 0.469 bits per heavy atom. The average molecular weight is 695 g/mol. The van der Waals surface area contributed by atoms with Crippen LogP contribution in [-0.4, -0.2) is 13.1 Å². The predicted molar refractivity (Wildman–Crippen MR) is 221 cm³/mol. The van der Waals surface area contributed by atoms with Crippen LogP contribution in [0.3, 0.4) is 0 Å². The minimum absolute atomic E-state index is 0.886. The molecule has 1 heterocycles. The maximum atomic E-state index is 6.98. The first kappa shape index (κ1) is 43.4. The van der Waals surface area contributed by atoms with Gasteiger partial charge >= 0.3 is 0 Å². The lowest BCUT2D eigenvalue weighted by Crippen LogP contribution is -2.26. The van der Waals surface area contributed by atoms with Gasteiger partial charge in [-0.1, -0.05) is 211 Å². The molecular weight excluding hydrogens is 616 g/mol. The van der Waals surface area contributed by atoms with E-state index in [0.717, 1.165) is 23.7 Å². The largest absolute Gasteiger partial charge is 0.370 e. The summed E-state index contributed by atoms with van der Waals surface area (Å²) < 4.78 is 2.06. The topological polar surface area (TPSA) is 7.12 Å². The first-order valence-electron chi connectivity index (χ1n) is 21.3. The van der Waals surface area contributed by atoms with E-state index >= 15 is 0 Å². The van der Waals surface area contributed by atoms with Crippen LogP contribution in [0.25, 0.3) is 12.2 Å². The minimum Gasteiger partial charge on any atom is -0.370 e. The highest BCUT2D eigenvalue weighted by Crippen LogP contribution is 2.29. The predicted octanol–water partition coefficient (Wildman–Crippen LogP) is 15.1. The second-order valence-corrected chi connectivity index (χ2v) is 15.4. The van der Waals surface area contributed by atoms with E-state index in [0.29, 0.717) is 0 Å². The molecule has 0 N–H and O–H groups in total. The Labute approximate surface area is 310 Å². The zero-order valence-corrected chi connectivity index (χ0v) is 33.4. The molecule has 2 nitrogen and oxygen atoms in total.